The average Bonchev–Trinajstić information content (AvgIpc) is 3.51. The number of ether oxygens (including phenoxy) is 3. The third-order valence-electron chi connectivity index (χ3n) is 5.35. The van der Waals surface area contributed by atoms with Gasteiger partial charge in [0, 0.05) is 13.7 Å². The van der Waals surface area contributed by atoms with Crippen molar-refractivity contribution in [2.45, 2.75) is 13.5 Å². The number of methoxy groups -OCH3 is 2. The third kappa shape index (κ3) is 4.97. The molecule has 0 spiro atoms. The Kier molecular flexibility index (Phi) is 7.29. The second-order valence-electron chi connectivity index (χ2n) is 7.57. The van der Waals surface area contributed by atoms with E-state index in [-0.39, 0.29) is 18.2 Å². The second kappa shape index (κ2) is 10.7. The number of rotatable bonds is 10. The maximum atomic E-state index is 13.2. The summed E-state index contributed by atoms with van der Waals surface area (Å²) in [5.74, 6) is 1.66. The topological polar surface area (TPSA) is 79.0 Å². The quantitative estimate of drug-likeness (QED) is 0.336. The number of nitrogens with zero attached hydrogens (tertiary/aromatic N) is 3. The minimum Gasteiger partial charge on any atom is -0.493 e. The number of hydrogen-bond acceptors (Lipinski definition) is 6. The molecule has 0 saturated heterocycles. The van der Waals surface area contributed by atoms with Crippen molar-refractivity contribution in [2.75, 3.05) is 27.4 Å². The van der Waals surface area contributed by atoms with Crippen molar-refractivity contribution in [3.63, 3.8) is 0 Å². The number of amides is 1. The summed E-state index contributed by atoms with van der Waals surface area (Å²) >= 11 is 0. The molecule has 2 heterocycles. The molecule has 0 atom stereocenters. The number of furan rings is 1. The van der Waals surface area contributed by atoms with Crippen LogP contribution >= 0.6 is 0 Å². The zero-order valence-electron chi connectivity index (χ0n) is 19.4. The van der Waals surface area contributed by atoms with Crippen LogP contribution in [0, 0.1) is 6.92 Å². The summed E-state index contributed by atoms with van der Waals surface area (Å²) in [6.07, 6.45) is 1.48. The van der Waals surface area contributed by atoms with E-state index in [2.05, 4.69) is 0 Å². The number of carbonyl (C=O) groups excluding carboxylic acids is 1. The van der Waals surface area contributed by atoms with Crippen LogP contribution in [0.3, 0.4) is 0 Å². The Morgan fingerprint density at radius 1 is 1.00 bits per heavy atom. The van der Waals surface area contributed by atoms with Crippen molar-refractivity contribution >= 4 is 5.91 Å². The van der Waals surface area contributed by atoms with E-state index in [1.54, 1.807) is 35.9 Å². The van der Waals surface area contributed by atoms with E-state index >= 15 is 0 Å². The smallest absolute Gasteiger partial charge is 0.289 e. The van der Waals surface area contributed by atoms with Crippen molar-refractivity contribution in [3.05, 3.63) is 90.0 Å². The van der Waals surface area contributed by atoms with Crippen molar-refractivity contribution in [3.8, 4) is 23.1 Å². The molecule has 4 aromatic rings. The molecule has 34 heavy (non-hydrogen) atoms. The Balaban J connectivity index is 1.77. The summed E-state index contributed by atoms with van der Waals surface area (Å²) in [5, 5.41) is 4.75. The lowest BCUT2D eigenvalue weighted by atomic mass is 10.2. The molecule has 0 aliphatic rings. The highest BCUT2D eigenvalue weighted by Crippen LogP contribution is 2.36. The number of para-hydroxylation sites is 3. The van der Waals surface area contributed by atoms with Gasteiger partial charge in [0.1, 0.15) is 0 Å². The summed E-state index contributed by atoms with van der Waals surface area (Å²) in [6.45, 7) is 2.91. The monoisotopic (exact) mass is 461 g/mol. The molecule has 4 rings (SSSR count). The van der Waals surface area contributed by atoms with Crippen molar-refractivity contribution < 1.29 is 23.4 Å². The molecule has 0 unspecified atom stereocenters. The molecule has 8 heteroatoms. The van der Waals surface area contributed by atoms with Gasteiger partial charge in [-0.05, 0) is 43.3 Å². The Labute approximate surface area is 198 Å². The summed E-state index contributed by atoms with van der Waals surface area (Å²) in [4.78, 5) is 14.8. The van der Waals surface area contributed by atoms with E-state index in [0.29, 0.717) is 30.5 Å². The number of hydrogen-bond donors (Lipinski definition) is 0. The molecule has 1 amide bonds. The zero-order valence-corrected chi connectivity index (χ0v) is 19.4. The number of carbonyl (C=O) groups is 1. The molecule has 2 aromatic carbocycles. The fourth-order valence-corrected chi connectivity index (χ4v) is 3.58. The van der Waals surface area contributed by atoms with Crippen LogP contribution in [-0.4, -0.2) is 48.0 Å². The first-order valence-corrected chi connectivity index (χ1v) is 10.9. The van der Waals surface area contributed by atoms with Crippen LogP contribution in [0.4, 0.5) is 0 Å². The molecular weight excluding hydrogens is 434 g/mol. The molecule has 2 aromatic heterocycles. The van der Waals surface area contributed by atoms with Gasteiger partial charge in [0.15, 0.2) is 17.3 Å². The van der Waals surface area contributed by atoms with Gasteiger partial charge in [0.25, 0.3) is 5.91 Å². The van der Waals surface area contributed by atoms with Crippen LogP contribution in [0.1, 0.15) is 21.8 Å². The Hall–Kier alpha value is -4.04. The van der Waals surface area contributed by atoms with Gasteiger partial charge in [-0.1, -0.05) is 30.3 Å². The standard InChI is InChI=1S/C26H27N3O5/c1-19-21(18-28(15-17-31-2)25(30)24-14-9-16-33-24)26(29(27-19)20-10-5-4-6-11-20)34-23-13-8-7-12-22(23)32-3/h4-14,16H,15,17-18H2,1-3H3. The van der Waals surface area contributed by atoms with Gasteiger partial charge in [-0.2, -0.15) is 5.10 Å². The van der Waals surface area contributed by atoms with Gasteiger partial charge in [0.2, 0.25) is 5.88 Å². The Bertz CT molecular complexity index is 1220. The normalized spacial score (nSPS) is 10.8. The molecule has 8 nitrogen and oxygen atoms in total. The van der Waals surface area contributed by atoms with Crippen molar-refractivity contribution in [1.29, 1.82) is 0 Å². The summed E-state index contributed by atoms with van der Waals surface area (Å²) < 4.78 is 24.2. The fraction of sp³-hybridized carbons (Fsp3) is 0.231. The lowest BCUT2D eigenvalue weighted by molar-refractivity contribution is 0.0648. The number of aryl methyl sites for hydroxylation is 1. The van der Waals surface area contributed by atoms with Crippen LogP contribution < -0.4 is 9.47 Å². The Morgan fingerprint density at radius 2 is 1.74 bits per heavy atom. The molecule has 0 N–H and O–H groups in total. The first-order valence-electron chi connectivity index (χ1n) is 10.9. The summed E-state index contributed by atoms with van der Waals surface area (Å²) in [7, 11) is 3.20. The van der Waals surface area contributed by atoms with Gasteiger partial charge < -0.3 is 23.5 Å². The first-order chi connectivity index (χ1) is 16.6. The molecule has 0 saturated carbocycles. The van der Waals surface area contributed by atoms with E-state index in [4.69, 9.17) is 23.7 Å². The second-order valence-corrected chi connectivity index (χ2v) is 7.57. The van der Waals surface area contributed by atoms with Crippen LogP contribution in [0.15, 0.2) is 77.4 Å². The SMILES string of the molecule is COCCN(Cc1c(C)nn(-c2ccccc2)c1Oc1ccccc1OC)C(=O)c1ccco1. The third-order valence-corrected chi connectivity index (χ3v) is 5.35. The number of benzene rings is 2. The molecule has 0 fully saturated rings. The molecule has 0 aliphatic heterocycles. The largest absolute Gasteiger partial charge is 0.493 e. The Morgan fingerprint density at radius 3 is 2.41 bits per heavy atom. The van der Waals surface area contributed by atoms with Crippen LogP contribution in [0.25, 0.3) is 5.69 Å². The number of aromatic nitrogens is 2. The van der Waals surface area contributed by atoms with Gasteiger partial charge in [-0.25, -0.2) is 4.68 Å². The van der Waals surface area contributed by atoms with Crippen molar-refractivity contribution in [1.82, 2.24) is 14.7 Å². The predicted octanol–water partition coefficient (Wildman–Crippen LogP) is 4.86. The highest BCUT2D eigenvalue weighted by Gasteiger charge is 2.26. The zero-order chi connectivity index (χ0) is 23.9. The summed E-state index contributed by atoms with van der Waals surface area (Å²) in [6, 6.07) is 20.5. The fourth-order valence-electron chi connectivity index (χ4n) is 3.58. The highest BCUT2D eigenvalue weighted by atomic mass is 16.5. The average molecular weight is 462 g/mol. The van der Waals surface area contributed by atoms with Crippen molar-refractivity contribution in [2.24, 2.45) is 0 Å². The molecular formula is C26H27N3O5. The lowest BCUT2D eigenvalue weighted by Crippen LogP contribution is -2.33. The maximum absolute atomic E-state index is 13.2. The minimum absolute atomic E-state index is 0.239. The van der Waals surface area contributed by atoms with Crippen LogP contribution in [0.2, 0.25) is 0 Å². The molecule has 176 valence electrons. The molecule has 0 aliphatic carbocycles. The highest BCUT2D eigenvalue weighted by molar-refractivity contribution is 5.91. The summed E-state index contributed by atoms with van der Waals surface area (Å²) in [5.41, 5.74) is 2.34. The van der Waals surface area contributed by atoms with E-state index < -0.39 is 0 Å². The van der Waals surface area contributed by atoms with E-state index in [9.17, 15) is 4.79 Å². The van der Waals surface area contributed by atoms with E-state index in [0.717, 1.165) is 16.9 Å². The first kappa shape index (κ1) is 23.1. The lowest BCUT2D eigenvalue weighted by Gasteiger charge is -2.22. The van der Waals surface area contributed by atoms with Crippen LogP contribution in [0.5, 0.6) is 17.4 Å². The maximum Gasteiger partial charge on any atom is 0.289 e. The van der Waals surface area contributed by atoms with Gasteiger partial charge >= 0.3 is 0 Å². The van der Waals surface area contributed by atoms with E-state index in [1.807, 2.05) is 61.5 Å². The minimum atomic E-state index is -0.239. The van der Waals surface area contributed by atoms with Gasteiger partial charge in [-0.15, -0.1) is 0 Å². The van der Waals surface area contributed by atoms with Gasteiger partial charge in [0.05, 0.1) is 43.5 Å². The molecule has 0 radical (unpaired) electrons. The van der Waals surface area contributed by atoms with E-state index in [1.165, 1.54) is 6.26 Å². The van der Waals surface area contributed by atoms with Gasteiger partial charge in [-0.3, -0.25) is 4.79 Å². The predicted molar refractivity (Wildman–Crippen MR) is 127 cm³/mol. The van der Waals surface area contributed by atoms with Crippen LogP contribution in [-0.2, 0) is 11.3 Å². The molecule has 0 bridgehead atoms.